The van der Waals surface area contributed by atoms with Crippen molar-refractivity contribution in [1.82, 2.24) is 9.55 Å². The summed E-state index contributed by atoms with van der Waals surface area (Å²) >= 11 is 4.94. The standard InChI is InChI=1S/C10H10ClF4N3O/c11-8(12)9(19)17-7-3-16-6-2-1-5(4-18(6)7)10(13,14)15/h3,5,8H,1-2,4H2,(H,17,19). The predicted molar refractivity (Wildman–Crippen MR) is 59.5 cm³/mol. The molecule has 0 aliphatic carbocycles. The molecule has 1 amide bonds. The number of alkyl halides is 5. The van der Waals surface area contributed by atoms with Gasteiger partial charge in [0.05, 0.1) is 12.1 Å². The molecule has 0 saturated carbocycles. The number of aromatic nitrogens is 2. The molecule has 1 N–H and O–H groups in total. The minimum atomic E-state index is -4.31. The maximum absolute atomic E-state index is 12.7. The molecule has 0 aromatic carbocycles. The maximum Gasteiger partial charge on any atom is 0.393 e. The lowest BCUT2D eigenvalue weighted by atomic mass is 9.99. The average Bonchev–Trinajstić information content (AvgIpc) is 2.70. The summed E-state index contributed by atoms with van der Waals surface area (Å²) in [5.74, 6) is -2.17. The van der Waals surface area contributed by atoms with E-state index in [0.29, 0.717) is 5.82 Å². The van der Waals surface area contributed by atoms with Gasteiger partial charge in [-0.25, -0.2) is 9.37 Å². The van der Waals surface area contributed by atoms with E-state index in [1.54, 1.807) is 0 Å². The average molecular weight is 300 g/mol. The van der Waals surface area contributed by atoms with Gasteiger partial charge in [-0.1, -0.05) is 11.6 Å². The van der Waals surface area contributed by atoms with Crippen molar-refractivity contribution in [2.45, 2.75) is 31.2 Å². The number of halogens is 5. The highest BCUT2D eigenvalue weighted by molar-refractivity contribution is 6.31. The molecule has 2 heterocycles. The highest BCUT2D eigenvalue weighted by atomic mass is 35.5. The summed E-state index contributed by atoms with van der Waals surface area (Å²) in [6.07, 6.45) is -3.00. The van der Waals surface area contributed by atoms with E-state index >= 15 is 0 Å². The minimum Gasteiger partial charge on any atom is -0.314 e. The van der Waals surface area contributed by atoms with Gasteiger partial charge in [0.2, 0.25) is 0 Å². The molecule has 0 spiro atoms. The van der Waals surface area contributed by atoms with Crippen molar-refractivity contribution in [2.75, 3.05) is 5.32 Å². The van der Waals surface area contributed by atoms with Crippen LogP contribution in [0.25, 0.3) is 0 Å². The van der Waals surface area contributed by atoms with E-state index in [1.165, 1.54) is 10.8 Å². The number of carbonyl (C=O) groups excluding carboxylic acids is 1. The van der Waals surface area contributed by atoms with E-state index in [9.17, 15) is 22.4 Å². The van der Waals surface area contributed by atoms with Crippen molar-refractivity contribution >= 4 is 23.3 Å². The van der Waals surface area contributed by atoms with Crippen molar-refractivity contribution in [3.8, 4) is 0 Å². The zero-order chi connectivity index (χ0) is 14.2. The SMILES string of the molecule is O=C(Nc1cnc2n1CC(C(F)(F)F)CC2)C(F)Cl. The van der Waals surface area contributed by atoms with Crippen LogP contribution in [0.5, 0.6) is 0 Å². The van der Waals surface area contributed by atoms with Crippen LogP contribution in [0.4, 0.5) is 23.4 Å². The van der Waals surface area contributed by atoms with Gasteiger partial charge in [0.25, 0.3) is 11.5 Å². The van der Waals surface area contributed by atoms with E-state index in [4.69, 9.17) is 11.6 Å². The first kappa shape index (κ1) is 14.1. The fourth-order valence-corrected chi connectivity index (χ4v) is 2.03. The molecule has 1 aliphatic heterocycles. The van der Waals surface area contributed by atoms with Crippen LogP contribution in [0.1, 0.15) is 12.2 Å². The summed E-state index contributed by atoms with van der Waals surface area (Å²) in [5, 5.41) is 2.11. The molecule has 2 atom stereocenters. The third-order valence-corrected chi connectivity index (χ3v) is 3.17. The van der Waals surface area contributed by atoms with Crippen molar-refractivity contribution in [3.05, 3.63) is 12.0 Å². The normalized spacial score (nSPS) is 20.8. The number of hydrogen-bond donors (Lipinski definition) is 1. The zero-order valence-corrected chi connectivity index (χ0v) is 10.3. The second kappa shape index (κ2) is 4.99. The van der Waals surface area contributed by atoms with Crippen LogP contribution in [0.15, 0.2) is 6.20 Å². The number of amides is 1. The minimum absolute atomic E-state index is 0.0252. The van der Waals surface area contributed by atoms with Crippen molar-refractivity contribution in [2.24, 2.45) is 5.92 Å². The Hall–Kier alpha value is -1.31. The van der Waals surface area contributed by atoms with Crippen LogP contribution in [0, 0.1) is 5.92 Å². The molecule has 9 heteroatoms. The second-order valence-corrected chi connectivity index (χ2v) is 4.62. The van der Waals surface area contributed by atoms with Crippen LogP contribution < -0.4 is 5.32 Å². The Morgan fingerprint density at radius 2 is 2.26 bits per heavy atom. The molecular weight excluding hydrogens is 290 g/mol. The number of aryl methyl sites for hydroxylation is 1. The van der Waals surface area contributed by atoms with Gasteiger partial charge in [0, 0.05) is 13.0 Å². The first-order valence-corrected chi connectivity index (χ1v) is 5.93. The van der Waals surface area contributed by atoms with Gasteiger partial charge in [-0.05, 0) is 6.42 Å². The lowest BCUT2D eigenvalue weighted by Crippen LogP contribution is -2.33. The number of carbonyl (C=O) groups is 1. The van der Waals surface area contributed by atoms with E-state index in [1.807, 2.05) is 0 Å². The summed E-state index contributed by atoms with van der Waals surface area (Å²) in [4.78, 5) is 15.0. The van der Waals surface area contributed by atoms with Crippen LogP contribution in [0.2, 0.25) is 0 Å². The van der Waals surface area contributed by atoms with Gasteiger partial charge >= 0.3 is 6.18 Å². The number of nitrogens with zero attached hydrogens (tertiary/aromatic N) is 2. The Morgan fingerprint density at radius 3 is 2.84 bits per heavy atom. The van der Waals surface area contributed by atoms with Crippen LogP contribution in [-0.2, 0) is 17.8 Å². The van der Waals surface area contributed by atoms with Crippen molar-refractivity contribution in [3.63, 3.8) is 0 Å². The van der Waals surface area contributed by atoms with Crippen LogP contribution in [0.3, 0.4) is 0 Å². The quantitative estimate of drug-likeness (QED) is 0.673. The number of fused-ring (bicyclic) bond motifs is 1. The second-order valence-electron chi connectivity index (χ2n) is 4.24. The molecular formula is C10H10ClF4N3O. The van der Waals surface area contributed by atoms with Gasteiger partial charge in [-0.2, -0.15) is 13.2 Å². The summed E-state index contributed by atoms with van der Waals surface area (Å²) in [5.41, 5.74) is -2.26. The molecule has 0 radical (unpaired) electrons. The van der Waals surface area contributed by atoms with Crippen molar-refractivity contribution in [1.29, 1.82) is 0 Å². The third kappa shape index (κ3) is 2.99. The molecule has 0 bridgehead atoms. The Balaban J connectivity index is 2.18. The van der Waals surface area contributed by atoms with Gasteiger partial charge in [0.15, 0.2) is 0 Å². The molecule has 106 valence electrons. The van der Waals surface area contributed by atoms with Gasteiger partial charge in [0.1, 0.15) is 11.6 Å². The highest BCUT2D eigenvalue weighted by Gasteiger charge is 2.42. The molecule has 1 aliphatic rings. The number of imidazole rings is 1. The van der Waals surface area contributed by atoms with E-state index < -0.39 is 23.6 Å². The van der Waals surface area contributed by atoms with E-state index in [0.717, 1.165) is 0 Å². The largest absolute Gasteiger partial charge is 0.393 e. The molecule has 1 aromatic rings. The monoisotopic (exact) mass is 299 g/mol. The van der Waals surface area contributed by atoms with Gasteiger partial charge in [-0.3, -0.25) is 4.79 Å². The molecule has 4 nitrogen and oxygen atoms in total. The van der Waals surface area contributed by atoms with Crippen LogP contribution in [-0.4, -0.2) is 27.3 Å². The summed E-state index contributed by atoms with van der Waals surface area (Å²) in [6, 6.07) is 0. The van der Waals surface area contributed by atoms with Gasteiger partial charge < -0.3 is 9.88 Å². The highest BCUT2D eigenvalue weighted by Crippen LogP contribution is 2.35. The van der Waals surface area contributed by atoms with Gasteiger partial charge in [-0.15, -0.1) is 0 Å². The Bertz CT molecular complexity index is 486. The third-order valence-electron chi connectivity index (χ3n) is 2.97. The number of hydrogen-bond acceptors (Lipinski definition) is 2. The Kier molecular flexibility index (Phi) is 3.71. The maximum atomic E-state index is 12.7. The zero-order valence-electron chi connectivity index (χ0n) is 9.55. The smallest absolute Gasteiger partial charge is 0.314 e. The fourth-order valence-electron chi connectivity index (χ4n) is 1.98. The first-order valence-electron chi connectivity index (χ1n) is 5.49. The molecule has 0 fully saturated rings. The topological polar surface area (TPSA) is 46.9 Å². The van der Waals surface area contributed by atoms with E-state index in [-0.39, 0.29) is 25.2 Å². The molecule has 2 rings (SSSR count). The van der Waals surface area contributed by atoms with E-state index in [2.05, 4.69) is 10.3 Å². The molecule has 0 saturated heterocycles. The number of anilines is 1. The Labute approximate surface area is 110 Å². The first-order chi connectivity index (χ1) is 8.79. The summed E-state index contributed by atoms with van der Waals surface area (Å²) in [7, 11) is 0. The summed E-state index contributed by atoms with van der Waals surface area (Å²) < 4.78 is 51.7. The lowest BCUT2D eigenvalue weighted by molar-refractivity contribution is -0.182. The molecule has 1 aromatic heterocycles. The number of nitrogens with one attached hydrogen (secondary N) is 1. The predicted octanol–water partition coefficient (Wildman–Crippen LogP) is 2.48. The fraction of sp³-hybridized carbons (Fsp3) is 0.600. The summed E-state index contributed by atoms with van der Waals surface area (Å²) in [6.45, 7) is -0.340. The number of rotatable bonds is 2. The molecule has 19 heavy (non-hydrogen) atoms. The van der Waals surface area contributed by atoms with Crippen LogP contribution >= 0.6 is 11.6 Å². The lowest BCUT2D eigenvalue weighted by Gasteiger charge is -2.26. The Morgan fingerprint density at radius 1 is 1.58 bits per heavy atom. The molecule has 2 unspecified atom stereocenters. The van der Waals surface area contributed by atoms with Crippen molar-refractivity contribution < 1.29 is 22.4 Å².